The summed E-state index contributed by atoms with van der Waals surface area (Å²) in [5.74, 6) is 0.681. The monoisotopic (exact) mass is 806 g/mol. The minimum absolute atomic E-state index is 0.341. The van der Waals surface area contributed by atoms with E-state index in [2.05, 4.69) is 13.8 Å². The number of aryl methyl sites for hydroxylation is 2. The predicted octanol–water partition coefficient (Wildman–Crippen LogP) is 12.1. The Kier molecular flexibility index (Phi) is 12.6. The molecular formula is C38H32Cl3O2Ta. The van der Waals surface area contributed by atoms with Gasteiger partial charge in [-0.25, -0.2) is 0 Å². The third kappa shape index (κ3) is 9.27. The first-order valence-corrected chi connectivity index (χ1v) is 25.9. The van der Waals surface area contributed by atoms with Crippen molar-refractivity contribution >= 4 is 27.6 Å². The van der Waals surface area contributed by atoms with E-state index in [-0.39, 0.29) is 0 Å². The molecule has 6 aromatic carbocycles. The van der Waals surface area contributed by atoms with Gasteiger partial charge < -0.3 is 10.2 Å². The van der Waals surface area contributed by atoms with E-state index in [1.54, 1.807) is 0 Å². The quantitative estimate of drug-likeness (QED) is 0.186. The topological polar surface area (TPSA) is 40.5 Å². The second kappa shape index (κ2) is 16.6. The van der Waals surface area contributed by atoms with Gasteiger partial charge in [-0.05, 0) is 71.5 Å². The van der Waals surface area contributed by atoms with Crippen molar-refractivity contribution in [3.63, 3.8) is 0 Å². The normalized spacial score (nSPS) is 10.3. The maximum atomic E-state index is 10.6. The van der Waals surface area contributed by atoms with Crippen LogP contribution >= 0.6 is 27.6 Å². The van der Waals surface area contributed by atoms with Crippen molar-refractivity contribution in [3.8, 4) is 56.0 Å². The standard InChI is InChI=1S/2C19H16O.3ClH.Ta/c2*1-14-12-17(15-8-4-2-5-9-15)19(20)18(13-14)16-10-6-3-7-11-16;;;;/h2*2-13,20H,1H3;3*1H;/q;;;;;+3/p-3. The molecule has 44 heavy (non-hydrogen) atoms. The van der Waals surface area contributed by atoms with Crippen molar-refractivity contribution in [1.82, 2.24) is 0 Å². The molecule has 0 aliphatic heterocycles. The van der Waals surface area contributed by atoms with Gasteiger partial charge in [0.05, 0.1) is 0 Å². The molecule has 0 radical (unpaired) electrons. The third-order valence-electron chi connectivity index (χ3n) is 6.85. The molecule has 0 spiro atoms. The fourth-order valence-electron chi connectivity index (χ4n) is 4.91. The van der Waals surface area contributed by atoms with Crippen molar-refractivity contribution in [1.29, 1.82) is 0 Å². The van der Waals surface area contributed by atoms with Crippen LogP contribution in [0.15, 0.2) is 146 Å². The summed E-state index contributed by atoms with van der Waals surface area (Å²) in [6, 6.07) is 48.0. The molecule has 2 N–H and O–H groups in total. The van der Waals surface area contributed by atoms with Crippen molar-refractivity contribution in [2.75, 3.05) is 0 Å². The fourth-order valence-corrected chi connectivity index (χ4v) is 4.91. The van der Waals surface area contributed by atoms with Crippen LogP contribution in [0, 0.1) is 13.8 Å². The van der Waals surface area contributed by atoms with Crippen LogP contribution in [0.4, 0.5) is 0 Å². The molecule has 0 aliphatic rings. The van der Waals surface area contributed by atoms with Crippen LogP contribution in [-0.4, -0.2) is 10.2 Å². The Bertz CT molecular complexity index is 1510. The molecule has 0 heterocycles. The van der Waals surface area contributed by atoms with Gasteiger partial charge in [0.15, 0.2) is 0 Å². The molecule has 6 rings (SSSR count). The van der Waals surface area contributed by atoms with E-state index >= 15 is 0 Å². The van der Waals surface area contributed by atoms with Gasteiger partial charge in [0.25, 0.3) is 0 Å². The van der Waals surface area contributed by atoms with E-state index in [0.29, 0.717) is 11.5 Å². The molecule has 0 saturated heterocycles. The SMILES string of the molecule is Cc1cc(-c2ccccc2)c(O)c(-c2ccccc2)c1.Cc1cc(-c2ccccc2)c(O)c(-c2ccccc2)c1.[Cl][Ta]([Cl])[Cl]. The van der Waals surface area contributed by atoms with E-state index in [1.165, 1.54) is 0 Å². The maximum absolute atomic E-state index is 10.6. The van der Waals surface area contributed by atoms with E-state index in [0.717, 1.165) is 55.6 Å². The van der Waals surface area contributed by atoms with Gasteiger partial charge in [0.2, 0.25) is 0 Å². The average molecular weight is 808 g/mol. The van der Waals surface area contributed by atoms with Crippen LogP contribution in [0.25, 0.3) is 44.5 Å². The Labute approximate surface area is 277 Å². The van der Waals surface area contributed by atoms with Crippen LogP contribution in [0.3, 0.4) is 0 Å². The second-order valence-corrected chi connectivity index (χ2v) is 24.0. The zero-order valence-corrected chi connectivity index (χ0v) is 29.8. The molecule has 6 heteroatoms. The molecule has 6 aromatic rings. The first kappa shape index (κ1) is 33.4. The summed E-state index contributed by atoms with van der Waals surface area (Å²) in [4.78, 5) is 0. The van der Waals surface area contributed by atoms with Gasteiger partial charge in [-0.3, -0.25) is 0 Å². The van der Waals surface area contributed by atoms with Gasteiger partial charge in [-0.2, -0.15) is 0 Å². The number of hydrogen-bond donors (Lipinski definition) is 2. The molecule has 0 atom stereocenters. The number of halogens is 3. The van der Waals surface area contributed by atoms with E-state index < -0.39 is 15.2 Å². The number of phenols is 2. The minimum atomic E-state index is -2.18. The number of hydrogen-bond acceptors (Lipinski definition) is 2. The van der Waals surface area contributed by atoms with Gasteiger partial charge in [-0.1, -0.05) is 121 Å². The molecule has 0 aromatic heterocycles. The zero-order valence-electron chi connectivity index (χ0n) is 24.3. The molecule has 0 amide bonds. The summed E-state index contributed by atoms with van der Waals surface area (Å²) in [5.41, 5.74) is 9.93. The van der Waals surface area contributed by atoms with E-state index in [4.69, 9.17) is 27.6 Å². The number of benzene rings is 6. The number of rotatable bonds is 4. The average Bonchev–Trinajstić information content (AvgIpc) is 3.04. The van der Waals surface area contributed by atoms with Crippen molar-refractivity contribution in [2.45, 2.75) is 13.8 Å². The molecule has 0 fully saturated rings. The van der Waals surface area contributed by atoms with Crippen molar-refractivity contribution in [3.05, 3.63) is 157 Å². The molecule has 0 bridgehead atoms. The Morgan fingerprint density at radius 2 is 0.568 bits per heavy atom. The molecule has 222 valence electrons. The molecule has 0 unspecified atom stereocenters. The Balaban J connectivity index is 0.000000179. The van der Waals surface area contributed by atoms with Gasteiger partial charge in [-0.15, -0.1) is 0 Å². The Hall–Kier alpha value is -3.47. The van der Waals surface area contributed by atoms with Crippen molar-refractivity contribution < 1.29 is 25.4 Å². The molecule has 0 aliphatic carbocycles. The first-order chi connectivity index (χ1) is 21.2. The van der Waals surface area contributed by atoms with Gasteiger partial charge in [0, 0.05) is 22.3 Å². The molecule has 2 nitrogen and oxygen atoms in total. The van der Waals surface area contributed by atoms with Crippen LogP contribution in [0.2, 0.25) is 0 Å². The van der Waals surface area contributed by atoms with Crippen LogP contribution in [0.1, 0.15) is 11.1 Å². The number of phenolic OH excluding ortho intramolecular Hbond substituents is 2. The molecular weight excluding hydrogens is 776 g/mol. The van der Waals surface area contributed by atoms with Gasteiger partial charge in [0.1, 0.15) is 11.5 Å². The summed E-state index contributed by atoms with van der Waals surface area (Å²) in [6.45, 7) is 4.11. The summed E-state index contributed by atoms with van der Waals surface area (Å²) in [7, 11) is 15.0. The van der Waals surface area contributed by atoms with Crippen molar-refractivity contribution in [2.24, 2.45) is 0 Å². The second-order valence-electron chi connectivity index (χ2n) is 10.1. The number of aromatic hydroxyl groups is 2. The summed E-state index contributed by atoms with van der Waals surface area (Å²) in [5, 5.41) is 21.2. The van der Waals surface area contributed by atoms with Crippen LogP contribution in [0.5, 0.6) is 11.5 Å². The third-order valence-corrected chi connectivity index (χ3v) is 6.85. The Morgan fingerprint density at radius 1 is 0.386 bits per heavy atom. The fraction of sp³-hybridized carbons (Fsp3) is 0.0526. The Morgan fingerprint density at radius 3 is 0.750 bits per heavy atom. The summed E-state index contributed by atoms with van der Waals surface area (Å²) >= 11 is -2.18. The van der Waals surface area contributed by atoms with Crippen LogP contribution < -0.4 is 0 Å². The predicted molar refractivity (Wildman–Crippen MR) is 185 cm³/mol. The summed E-state index contributed by atoms with van der Waals surface area (Å²) < 4.78 is 0. The van der Waals surface area contributed by atoms with E-state index in [1.807, 2.05) is 146 Å². The van der Waals surface area contributed by atoms with E-state index in [9.17, 15) is 10.2 Å². The molecule has 0 saturated carbocycles. The summed E-state index contributed by atoms with van der Waals surface area (Å²) in [6.07, 6.45) is 0. The van der Waals surface area contributed by atoms with Crippen LogP contribution in [-0.2, 0) is 15.2 Å². The van der Waals surface area contributed by atoms with Gasteiger partial charge >= 0.3 is 42.8 Å². The first-order valence-electron chi connectivity index (χ1n) is 13.9. The zero-order chi connectivity index (χ0) is 31.5.